The zero-order valence-corrected chi connectivity index (χ0v) is 15.4. The third-order valence-corrected chi connectivity index (χ3v) is 3.92. The number of hydrogen-bond donors (Lipinski definition) is 2. The average Bonchev–Trinajstić information content (AvgIpc) is 2.56. The van der Waals surface area contributed by atoms with Crippen molar-refractivity contribution >= 4 is 23.4 Å². The molecule has 0 aliphatic carbocycles. The summed E-state index contributed by atoms with van der Waals surface area (Å²) in [4.78, 5) is 37.4. The lowest BCUT2D eigenvalue weighted by molar-refractivity contribution is -0.131. The predicted molar refractivity (Wildman–Crippen MR) is 99.3 cm³/mol. The number of carbonyl (C=O) groups is 3. The number of nitrogens with two attached hydrogens (primary N) is 1. The summed E-state index contributed by atoms with van der Waals surface area (Å²) in [6.07, 6.45) is 3.00. The van der Waals surface area contributed by atoms with E-state index >= 15 is 0 Å². The smallest absolute Gasteiger partial charge is 0.249 e. The van der Waals surface area contributed by atoms with Gasteiger partial charge in [-0.2, -0.15) is 0 Å². The second-order valence-electron chi connectivity index (χ2n) is 6.18. The highest BCUT2D eigenvalue weighted by Gasteiger charge is 2.13. The number of anilines is 1. The molecule has 1 rings (SSSR count). The number of aryl methyl sites for hydroxylation is 1. The van der Waals surface area contributed by atoms with Gasteiger partial charge in [0.25, 0.3) is 0 Å². The van der Waals surface area contributed by atoms with Crippen LogP contribution >= 0.6 is 0 Å². The van der Waals surface area contributed by atoms with Crippen LogP contribution in [0.25, 0.3) is 0 Å². The highest BCUT2D eigenvalue weighted by atomic mass is 16.2. The van der Waals surface area contributed by atoms with Crippen LogP contribution in [0.2, 0.25) is 0 Å². The van der Waals surface area contributed by atoms with Crippen molar-refractivity contribution in [1.29, 1.82) is 0 Å². The Morgan fingerprint density at radius 3 is 2.28 bits per heavy atom. The molecule has 3 amide bonds. The Morgan fingerprint density at radius 2 is 1.72 bits per heavy atom. The zero-order valence-electron chi connectivity index (χ0n) is 15.4. The van der Waals surface area contributed by atoms with Gasteiger partial charge >= 0.3 is 0 Å². The third-order valence-electron chi connectivity index (χ3n) is 3.92. The van der Waals surface area contributed by atoms with Gasteiger partial charge in [-0.3, -0.25) is 14.4 Å². The monoisotopic (exact) mass is 347 g/mol. The minimum atomic E-state index is -0.522. The van der Waals surface area contributed by atoms with E-state index in [1.54, 1.807) is 25.1 Å². The van der Waals surface area contributed by atoms with Crippen LogP contribution in [0.1, 0.15) is 61.9 Å². The van der Waals surface area contributed by atoms with Crippen LogP contribution in [-0.2, 0) is 9.59 Å². The second kappa shape index (κ2) is 10.5. The molecular formula is C19H29N3O3. The van der Waals surface area contributed by atoms with Gasteiger partial charge in [-0.1, -0.05) is 19.9 Å². The van der Waals surface area contributed by atoms with Gasteiger partial charge in [-0.15, -0.1) is 0 Å². The summed E-state index contributed by atoms with van der Waals surface area (Å²) in [5.74, 6) is -0.599. The van der Waals surface area contributed by atoms with E-state index in [1.165, 1.54) is 0 Å². The van der Waals surface area contributed by atoms with Gasteiger partial charge in [-0.25, -0.2) is 0 Å². The van der Waals surface area contributed by atoms with Gasteiger partial charge < -0.3 is 16.0 Å². The Labute approximate surface area is 149 Å². The molecule has 0 fully saturated rings. The van der Waals surface area contributed by atoms with Crippen molar-refractivity contribution in [3.63, 3.8) is 0 Å². The van der Waals surface area contributed by atoms with Gasteiger partial charge in [0.15, 0.2) is 0 Å². The van der Waals surface area contributed by atoms with Crippen LogP contribution in [0, 0.1) is 6.92 Å². The third kappa shape index (κ3) is 6.95. The number of amides is 3. The predicted octanol–water partition coefficient (Wildman–Crippen LogP) is 2.85. The maximum Gasteiger partial charge on any atom is 0.249 e. The Hall–Kier alpha value is -2.37. The molecule has 0 aliphatic heterocycles. The van der Waals surface area contributed by atoms with Crippen molar-refractivity contribution in [2.45, 2.75) is 52.9 Å². The van der Waals surface area contributed by atoms with Gasteiger partial charge in [0.05, 0.1) is 0 Å². The van der Waals surface area contributed by atoms with E-state index in [4.69, 9.17) is 5.73 Å². The van der Waals surface area contributed by atoms with Crippen LogP contribution in [0.5, 0.6) is 0 Å². The minimum Gasteiger partial charge on any atom is -0.366 e. The number of nitrogens with zero attached hydrogens (tertiary/aromatic N) is 1. The van der Waals surface area contributed by atoms with E-state index < -0.39 is 5.91 Å². The second-order valence-corrected chi connectivity index (χ2v) is 6.18. The van der Waals surface area contributed by atoms with Crippen molar-refractivity contribution in [3.05, 3.63) is 29.3 Å². The summed E-state index contributed by atoms with van der Waals surface area (Å²) >= 11 is 0. The molecule has 0 radical (unpaired) electrons. The fourth-order valence-electron chi connectivity index (χ4n) is 2.65. The molecule has 0 bridgehead atoms. The summed E-state index contributed by atoms with van der Waals surface area (Å²) < 4.78 is 0. The highest BCUT2D eigenvalue weighted by Crippen LogP contribution is 2.15. The molecule has 0 unspecified atom stereocenters. The lowest BCUT2D eigenvalue weighted by Crippen LogP contribution is -2.32. The summed E-state index contributed by atoms with van der Waals surface area (Å²) in [6, 6.07) is 5.05. The van der Waals surface area contributed by atoms with Gasteiger partial charge in [-0.05, 0) is 43.9 Å². The molecule has 0 atom stereocenters. The Kier molecular flexibility index (Phi) is 8.67. The van der Waals surface area contributed by atoms with E-state index in [-0.39, 0.29) is 18.2 Å². The van der Waals surface area contributed by atoms with Gasteiger partial charge in [0, 0.05) is 37.2 Å². The van der Waals surface area contributed by atoms with Crippen LogP contribution in [-0.4, -0.2) is 35.7 Å². The quantitative estimate of drug-likeness (QED) is 0.681. The first kappa shape index (κ1) is 20.7. The maximum absolute atomic E-state index is 12.2. The van der Waals surface area contributed by atoms with Crippen LogP contribution in [0.15, 0.2) is 18.2 Å². The number of benzene rings is 1. The molecule has 25 heavy (non-hydrogen) atoms. The van der Waals surface area contributed by atoms with Crippen molar-refractivity contribution in [2.75, 3.05) is 18.4 Å². The number of rotatable bonds is 10. The van der Waals surface area contributed by atoms with Crippen LogP contribution < -0.4 is 11.1 Å². The topological polar surface area (TPSA) is 92.5 Å². The number of hydrogen-bond acceptors (Lipinski definition) is 3. The van der Waals surface area contributed by atoms with E-state index in [0.29, 0.717) is 24.1 Å². The van der Waals surface area contributed by atoms with Crippen molar-refractivity contribution < 1.29 is 14.4 Å². The molecular weight excluding hydrogens is 318 g/mol. The molecule has 0 saturated carbocycles. The SMILES string of the molecule is CCCN(CCC)C(=O)CCCC(=O)Nc1ccc(C)c(C(N)=O)c1. The lowest BCUT2D eigenvalue weighted by Gasteiger charge is -2.21. The molecule has 0 aliphatic rings. The molecule has 0 saturated heterocycles. The molecule has 1 aromatic carbocycles. The van der Waals surface area contributed by atoms with E-state index in [9.17, 15) is 14.4 Å². The number of carbonyl (C=O) groups excluding carboxylic acids is 3. The highest BCUT2D eigenvalue weighted by molar-refractivity contribution is 5.97. The first-order valence-electron chi connectivity index (χ1n) is 8.87. The zero-order chi connectivity index (χ0) is 18.8. The summed E-state index contributed by atoms with van der Waals surface area (Å²) in [6.45, 7) is 7.41. The minimum absolute atomic E-state index is 0.0999. The molecule has 0 heterocycles. The van der Waals surface area contributed by atoms with Gasteiger partial charge in [0.1, 0.15) is 0 Å². The van der Waals surface area contributed by atoms with Crippen molar-refractivity contribution in [3.8, 4) is 0 Å². The molecule has 0 aromatic heterocycles. The number of primary amides is 1. The Morgan fingerprint density at radius 1 is 1.08 bits per heavy atom. The maximum atomic E-state index is 12.2. The lowest BCUT2D eigenvalue weighted by atomic mass is 10.1. The molecule has 3 N–H and O–H groups in total. The van der Waals surface area contributed by atoms with E-state index in [0.717, 1.165) is 31.5 Å². The molecule has 138 valence electrons. The first-order chi connectivity index (χ1) is 11.9. The molecule has 6 nitrogen and oxygen atoms in total. The summed E-state index contributed by atoms with van der Waals surface area (Å²) in [5.41, 5.74) is 7.01. The first-order valence-corrected chi connectivity index (χ1v) is 8.87. The molecule has 0 spiro atoms. The van der Waals surface area contributed by atoms with Crippen LogP contribution in [0.4, 0.5) is 5.69 Å². The summed E-state index contributed by atoms with van der Waals surface area (Å²) in [7, 11) is 0. The molecule has 6 heteroatoms. The van der Waals surface area contributed by atoms with E-state index in [1.807, 2.05) is 18.7 Å². The average molecular weight is 347 g/mol. The van der Waals surface area contributed by atoms with Crippen molar-refractivity contribution in [2.24, 2.45) is 5.73 Å². The molecule has 1 aromatic rings. The van der Waals surface area contributed by atoms with Crippen molar-refractivity contribution in [1.82, 2.24) is 4.90 Å². The Balaban J connectivity index is 2.48. The fraction of sp³-hybridized carbons (Fsp3) is 0.526. The van der Waals surface area contributed by atoms with E-state index in [2.05, 4.69) is 5.32 Å². The van der Waals surface area contributed by atoms with Crippen LogP contribution in [0.3, 0.4) is 0 Å². The standard InChI is InChI=1S/C19H29N3O3/c1-4-11-22(12-5-2)18(24)8-6-7-17(23)21-15-10-9-14(3)16(13-15)19(20)25/h9-10,13H,4-8,11-12H2,1-3H3,(H2,20,25)(H,21,23). The Bertz CT molecular complexity index is 608. The van der Waals surface area contributed by atoms with Gasteiger partial charge in [0.2, 0.25) is 17.7 Å². The fourth-order valence-corrected chi connectivity index (χ4v) is 2.65. The normalized spacial score (nSPS) is 10.4. The number of nitrogens with one attached hydrogen (secondary N) is 1. The summed E-state index contributed by atoms with van der Waals surface area (Å²) in [5, 5.41) is 2.75. The largest absolute Gasteiger partial charge is 0.366 e.